The van der Waals surface area contributed by atoms with Crippen LogP contribution in [0.25, 0.3) is 0 Å². The number of carbonyl (C=O) groups excluding carboxylic acids is 1. The van der Waals surface area contributed by atoms with Crippen molar-refractivity contribution in [2.45, 2.75) is 18.1 Å². The molecule has 136 valence electrons. The molecule has 27 heavy (non-hydrogen) atoms. The SMILES string of the molecule is N#CC1=C2SC[C@](O)(c3ccc(F)cc3)N2C(=O)C[C@H]1c1ccc(Cl)cc1. The first-order chi connectivity index (χ1) is 12.9. The molecule has 0 spiro atoms. The number of rotatable bonds is 2. The summed E-state index contributed by atoms with van der Waals surface area (Å²) in [5.74, 6) is -0.901. The third-order valence-electron chi connectivity index (χ3n) is 4.89. The first kappa shape index (κ1) is 18.1. The molecule has 0 aliphatic carbocycles. The maximum absolute atomic E-state index is 13.3. The molecule has 2 aliphatic rings. The number of nitriles is 1. The summed E-state index contributed by atoms with van der Waals surface area (Å²) in [4.78, 5) is 14.2. The quantitative estimate of drug-likeness (QED) is 0.823. The number of hydrogen-bond acceptors (Lipinski definition) is 4. The van der Waals surface area contributed by atoms with Gasteiger partial charge in [-0.1, -0.05) is 35.9 Å². The van der Waals surface area contributed by atoms with Crippen molar-refractivity contribution >= 4 is 29.3 Å². The van der Waals surface area contributed by atoms with Crippen molar-refractivity contribution in [2.75, 3.05) is 5.75 Å². The van der Waals surface area contributed by atoms with Crippen LogP contribution >= 0.6 is 23.4 Å². The minimum atomic E-state index is -1.60. The van der Waals surface area contributed by atoms with E-state index in [2.05, 4.69) is 6.07 Å². The van der Waals surface area contributed by atoms with Gasteiger partial charge in [-0.3, -0.25) is 9.69 Å². The largest absolute Gasteiger partial charge is 0.366 e. The fourth-order valence-electron chi connectivity index (χ4n) is 3.54. The van der Waals surface area contributed by atoms with Gasteiger partial charge in [-0.15, -0.1) is 11.8 Å². The average molecular weight is 401 g/mol. The van der Waals surface area contributed by atoms with Gasteiger partial charge in [0.15, 0.2) is 5.72 Å². The van der Waals surface area contributed by atoms with E-state index >= 15 is 0 Å². The van der Waals surface area contributed by atoms with Crippen molar-refractivity contribution in [3.05, 3.63) is 81.1 Å². The van der Waals surface area contributed by atoms with Gasteiger partial charge in [-0.25, -0.2) is 4.39 Å². The number of fused-ring (bicyclic) bond motifs is 1. The Morgan fingerprint density at radius 2 is 1.89 bits per heavy atom. The summed E-state index contributed by atoms with van der Waals surface area (Å²) < 4.78 is 13.3. The van der Waals surface area contributed by atoms with Crippen LogP contribution in [0.4, 0.5) is 4.39 Å². The normalized spacial score (nSPS) is 24.7. The van der Waals surface area contributed by atoms with E-state index in [1.807, 2.05) is 0 Å². The van der Waals surface area contributed by atoms with E-state index in [9.17, 15) is 19.6 Å². The Morgan fingerprint density at radius 1 is 1.22 bits per heavy atom. The summed E-state index contributed by atoms with van der Waals surface area (Å²) in [7, 11) is 0. The van der Waals surface area contributed by atoms with Crippen LogP contribution in [0.15, 0.2) is 59.1 Å². The van der Waals surface area contributed by atoms with Crippen LogP contribution < -0.4 is 0 Å². The number of amides is 1. The highest BCUT2D eigenvalue weighted by atomic mass is 35.5. The maximum atomic E-state index is 13.3. The van der Waals surface area contributed by atoms with Crippen LogP contribution in [0, 0.1) is 17.1 Å². The second-order valence-corrected chi connectivity index (χ2v) is 7.88. The Bertz CT molecular complexity index is 985. The molecule has 1 saturated heterocycles. The number of thioether (sulfide) groups is 1. The molecule has 0 unspecified atom stereocenters. The molecule has 1 amide bonds. The van der Waals surface area contributed by atoms with E-state index in [0.717, 1.165) is 5.56 Å². The van der Waals surface area contributed by atoms with Gasteiger partial charge in [0.25, 0.3) is 0 Å². The first-order valence-corrected chi connectivity index (χ1v) is 9.64. The molecule has 2 atom stereocenters. The lowest BCUT2D eigenvalue weighted by Crippen LogP contribution is -2.48. The zero-order chi connectivity index (χ0) is 19.2. The van der Waals surface area contributed by atoms with Crippen molar-refractivity contribution in [3.63, 3.8) is 0 Å². The summed E-state index contributed by atoms with van der Waals surface area (Å²) >= 11 is 7.20. The minimum Gasteiger partial charge on any atom is -0.366 e. The number of benzene rings is 2. The molecule has 4 rings (SSSR count). The number of nitrogens with zero attached hydrogens (tertiary/aromatic N) is 2. The summed E-state index contributed by atoms with van der Waals surface area (Å²) in [5, 5.41) is 22.0. The highest BCUT2D eigenvalue weighted by Gasteiger charge is 2.51. The number of carbonyl (C=O) groups is 1. The summed E-state index contributed by atoms with van der Waals surface area (Å²) in [6.07, 6.45) is 0.0675. The molecule has 0 aromatic heterocycles. The van der Waals surface area contributed by atoms with Gasteiger partial charge in [-0.05, 0) is 29.8 Å². The Hall–Kier alpha value is -2.33. The zero-order valence-electron chi connectivity index (χ0n) is 14.0. The predicted molar refractivity (Wildman–Crippen MR) is 101 cm³/mol. The van der Waals surface area contributed by atoms with E-state index in [1.54, 1.807) is 24.3 Å². The van der Waals surface area contributed by atoms with Crippen LogP contribution in [0.3, 0.4) is 0 Å². The molecule has 1 N–H and O–H groups in total. The summed E-state index contributed by atoms with van der Waals surface area (Å²) in [5.41, 5.74) is 0.0916. The molecular formula is C20H14ClFN2O2S. The Balaban J connectivity index is 1.79. The lowest BCUT2D eigenvalue weighted by Gasteiger charge is -2.38. The molecule has 2 heterocycles. The monoisotopic (exact) mass is 400 g/mol. The van der Waals surface area contributed by atoms with Gasteiger partial charge < -0.3 is 5.11 Å². The number of aliphatic hydroxyl groups is 1. The van der Waals surface area contributed by atoms with Crippen molar-refractivity contribution < 1.29 is 14.3 Å². The second-order valence-electron chi connectivity index (χ2n) is 6.48. The molecule has 2 aliphatic heterocycles. The van der Waals surface area contributed by atoms with E-state index in [-0.39, 0.29) is 24.0 Å². The van der Waals surface area contributed by atoms with Crippen molar-refractivity contribution in [2.24, 2.45) is 0 Å². The molecule has 1 fully saturated rings. The predicted octanol–water partition coefficient (Wildman–Crippen LogP) is 4.12. The molecule has 2 aromatic rings. The molecule has 0 bridgehead atoms. The molecule has 4 nitrogen and oxygen atoms in total. The maximum Gasteiger partial charge on any atom is 0.231 e. The van der Waals surface area contributed by atoms with Crippen LogP contribution in [0.2, 0.25) is 5.02 Å². The summed E-state index contributed by atoms with van der Waals surface area (Å²) in [6.45, 7) is 0. The van der Waals surface area contributed by atoms with Crippen LogP contribution in [-0.4, -0.2) is 21.7 Å². The highest BCUT2D eigenvalue weighted by Crippen LogP contribution is 2.51. The second kappa shape index (κ2) is 6.68. The van der Waals surface area contributed by atoms with Crippen LogP contribution in [-0.2, 0) is 10.5 Å². The topological polar surface area (TPSA) is 64.3 Å². The van der Waals surface area contributed by atoms with E-state index in [4.69, 9.17) is 11.6 Å². The van der Waals surface area contributed by atoms with Crippen molar-refractivity contribution in [1.82, 2.24) is 4.90 Å². The number of halogens is 2. The number of allylic oxidation sites excluding steroid dienone is 1. The summed E-state index contributed by atoms with van der Waals surface area (Å²) in [6, 6.07) is 14.7. The first-order valence-electron chi connectivity index (χ1n) is 8.28. The highest BCUT2D eigenvalue weighted by molar-refractivity contribution is 8.03. The molecular weight excluding hydrogens is 387 g/mol. The minimum absolute atomic E-state index is 0.0675. The fourth-order valence-corrected chi connectivity index (χ4v) is 5.02. The zero-order valence-corrected chi connectivity index (χ0v) is 15.6. The van der Waals surface area contributed by atoms with Gasteiger partial charge >= 0.3 is 0 Å². The molecule has 0 saturated carbocycles. The lowest BCUT2D eigenvalue weighted by molar-refractivity contribution is -0.149. The average Bonchev–Trinajstić information content (AvgIpc) is 3.02. The van der Waals surface area contributed by atoms with E-state index in [1.165, 1.54) is 40.9 Å². The van der Waals surface area contributed by atoms with Crippen LogP contribution in [0.5, 0.6) is 0 Å². The third kappa shape index (κ3) is 2.92. The van der Waals surface area contributed by atoms with Crippen molar-refractivity contribution in [1.29, 1.82) is 5.26 Å². The smallest absolute Gasteiger partial charge is 0.231 e. The third-order valence-corrected chi connectivity index (χ3v) is 6.36. The Labute approximate surface area is 164 Å². The van der Waals surface area contributed by atoms with Gasteiger partial charge in [0.1, 0.15) is 5.82 Å². The van der Waals surface area contributed by atoms with Crippen LogP contribution in [0.1, 0.15) is 23.5 Å². The van der Waals surface area contributed by atoms with E-state index < -0.39 is 11.5 Å². The van der Waals surface area contributed by atoms with Gasteiger partial charge in [-0.2, -0.15) is 5.26 Å². The van der Waals surface area contributed by atoms with Gasteiger partial charge in [0.2, 0.25) is 5.91 Å². The Kier molecular flexibility index (Phi) is 4.47. The molecule has 0 radical (unpaired) electrons. The molecule has 7 heteroatoms. The fraction of sp³-hybridized carbons (Fsp3) is 0.200. The van der Waals surface area contributed by atoms with Gasteiger partial charge in [0, 0.05) is 22.9 Å². The van der Waals surface area contributed by atoms with Gasteiger partial charge in [0.05, 0.1) is 22.4 Å². The van der Waals surface area contributed by atoms with Crippen molar-refractivity contribution in [3.8, 4) is 6.07 Å². The number of hydrogen-bond donors (Lipinski definition) is 1. The Morgan fingerprint density at radius 3 is 2.52 bits per heavy atom. The standard InChI is InChI=1S/C20H14ClFN2O2S/c21-14-5-1-12(2-6-14)16-9-18(25)24-19(17(16)10-23)27-11-20(24,26)13-3-7-15(22)8-4-13/h1-8,16,26H,9,11H2/t16-,20-/m0/s1. The lowest BCUT2D eigenvalue weighted by atomic mass is 9.85. The molecule has 2 aromatic carbocycles. The van der Waals surface area contributed by atoms with E-state index in [0.29, 0.717) is 21.2 Å².